The molecule has 0 saturated carbocycles. The van der Waals surface area contributed by atoms with Crippen LogP contribution >= 0.6 is 45.8 Å². The van der Waals surface area contributed by atoms with Crippen molar-refractivity contribution in [2.45, 2.75) is 13.8 Å². The molecule has 0 aliphatic heterocycles. The standard InChI is InChI=1S/C14H10ClN5O.C7H5ClIN3.C7H6N2O/c1-8-4-11(16-2)17-6-10(8)21-12-5-9(15)13-14(19-12)20(3)7-18-13;1-12-3-10-6-4(8)2-5(9)11-7(6)12;1-5-3-7(8-2)9-4-6(5)10/h4-7H,1,3H3;2-3H,1H3;3-4,10H,1H3. The second-order valence-corrected chi connectivity index (χ2v) is 10.8. The minimum atomic E-state index is 0.132. The van der Waals surface area contributed by atoms with Crippen molar-refractivity contribution in [1.82, 2.24) is 39.0 Å². The Hall–Kier alpha value is -4.57. The predicted octanol–water partition coefficient (Wildman–Crippen LogP) is 7.54. The highest BCUT2D eigenvalue weighted by molar-refractivity contribution is 14.1. The van der Waals surface area contributed by atoms with Crippen LogP contribution in [0.2, 0.25) is 10.0 Å². The number of pyridine rings is 4. The maximum atomic E-state index is 8.97. The molecule has 1 N–H and O–H groups in total. The van der Waals surface area contributed by atoms with Crippen LogP contribution in [0.1, 0.15) is 11.1 Å². The maximum absolute atomic E-state index is 8.97. The topological polar surface area (TPSA) is 125 Å². The molecule has 12 nitrogen and oxygen atoms in total. The van der Waals surface area contributed by atoms with Gasteiger partial charge in [0.1, 0.15) is 14.7 Å². The van der Waals surface area contributed by atoms with Gasteiger partial charge in [0, 0.05) is 20.2 Å². The third-order valence-electron chi connectivity index (χ3n) is 5.75. The van der Waals surface area contributed by atoms with E-state index in [2.05, 4.69) is 62.2 Å². The van der Waals surface area contributed by atoms with E-state index in [1.54, 1.807) is 48.4 Å². The highest BCUT2D eigenvalue weighted by Gasteiger charge is 2.12. The quantitative estimate of drug-likeness (QED) is 0.110. The van der Waals surface area contributed by atoms with E-state index < -0.39 is 0 Å². The van der Waals surface area contributed by atoms with Gasteiger partial charge in [-0.2, -0.15) is 4.98 Å². The van der Waals surface area contributed by atoms with Gasteiger partial charge >= 0.3 is 0 Å². The van der Waals surface area contributed by atoms with E-state index in [0.29, 0.717) is 50.0 Å². The van der Waals surface area contributed by atoms with Gasteiger partial charge in [-0.25, -0.2) is 15.0 Å². The summed E-state index contributed by atoms with van der Waals surface area (Å²) < 4.78 is 10.2. The minimum Gasteiger partial charge on any atom is -0.504 e. The highest BCUT2D eigenvalue weighted by atomic mass is 127. The third-order valence-corrected chi connectivity index (χ3v) is 6.88. The van der Waals surface area contributed by atoms with Gasteiger partial charge in [-0.15, -0.1) is 9.97 Å². The summed E-state index contributed by atoms with van der Waals surface area (Å²) in [6, 6.07) is 6.62. The number of rotatable bonds is 2. The van der Waals surface area contributed by atoms with Gasteiger partial charge in [-0.3, -0.25) is 0 Å². The Morgan fingerprint density at radius 3 is 1.88 bits per heavy atom. The summed E-state index contributed by atoms with van der Waals surface area (Å²) in [5.41, 5.74) is 4.34. The van der Waals surface area contributed by atoms with Gasteiger partial charge in [-0.05, 0) is 65.8 Å². The van der Waals surface area contributed by atoms with E-state index in [1.807, 2.05) is 25.6 Å². The molecule has 6 rings (SSSR count). The molecule has 6 heterocycles. The maximum Gasteiger partial charge on any atom is 0.269 e. The molecule has 0 unspecified atom stereocenters. The van der Waals surface area contributed by atoms with Crippen molar-refractivity contribution in [3.05, 3.63) is 97.0 Å². The first-order chi connectivity index (χ1) is 20.5. The Kier molecular flexibility index (Phi) is 9.92. The molecule has 6 aromatic rings. The van der Waals surface area contributed by atoms with Crippen LogP contribution in [0.25, 0.3) is 32.0 Å². The second-order valence-electron chi connectivity index (χ2n) is 8.89. The lowest BCUT2D eigenvalue weighted by Gasteiger charge is -2.07. The number of nitrogens with zero attached hydrogens (tertiary/aromatic N) is 10. The molecule has 6 aromatic heterocycles. The molecule has 0 radical (unpaired) electrons. The molecular weight excluding hydrogens is 706 g/mol. The smallest absolute Gasteiger partial charge is 0.269 e. The summed E-state index contributed by atoms with van der Waals surface area (Å²) in [6.45, 7) is 17.1. The fourth-order valence-electron chi connectivity index (χ4n) is 3.52. The molecule has 216 valence electrons. The number of imidazole rings is 2. The molecule has 0 fully saturated rings. The van der Waals surface area contributed by atoms with E-state index in [-0.39, 0.29) is 5.75 Å². The molecule has 0 amide bonds. The molecule has 0 spiro atoms. The molecule has 15 heteroatoms. The first kappa shape index (κ1) is 31.4. The molecule has 0 atom stereocenters. The van der Waals surface area contributed by atoms with Crippen LogP contribution in [-0.4, -0.2) is 44.1 Å². The SMILES string of the molecule is Cn1cnc2c(Cl)cc(I)nc21.[C-]#[N+]c1cc(C)c(O)cn1.[C-]#[N+]c1cc(C)c(Oc2cc(Cl)c3ncn(C)c3n2)cn1. The first-order valence-electron chi connectivity index (χ1n) is 12.2. The zero-order valence-electron chi connectivity index (χ0n) is 23.1. The van der Waals surface area contributed by atoms with E-state index in [9.17, 15) is 0 Å². The monoisotopic (exact) mass is 726 g/mol. The minimum absolute atomic E-state index is 0.132. The zero-order chi connectivity index (χ0) is 31.3. The number of fused-ring (bicyclic) bond motifs is 2. The lowest BCUT2D eigenvalue weighted by atomic mass is 10.3. The van der Waals surface area contributed by atoms with Crippen LogP contribution in [-0.2, 0) is 14.1 Å². The highest BCUT2D eigenvalue weighted by Crippen LogP contribution is 2.30. The predicted molar refractivity (Wildman–Crippen MR) is 172 cm³/mol. The molecular formula is C28H21Cl2IN10O2. The number of aromatic nitrogens is 8. The number of aryl methyl sites for hydroxylation is 4. The second kappa shape index (κ2) is 13.6. The van der Waals surface area contributed by atoms with Gasteiger partial charge in [-0.1, -0.05) is 36.3 Å². The van der Waals surface area contributed by atoms with E-state index in [1.165, 1.54) is 12.4 Å². The fraction of sp³-hybridized carbons (Fsp3) is 0.143. The lowest BCUT2D eigenvalue weighted by Crippen LogP contribution is -1.94. The van der Waals surface area contributed by atoms with Gasteiger partial charge in [0.15, 0.2) is 35.2 Å². The van der Waals surface area contributed by atoms with Crippen LogP contribution in [0.4, 0.5) is 11.6 Å². The van der Waals surface area contributed by atoms with Crippen LogP contribution < -0.4 is 4.74 Å². The van der Waals surface area contributed by atoms with Crippen molar-refractivity contribution in [3.8, 4) is 17.4 Å². The molecule has 43 heavy (non-hydrogen) atoms. The zero-order valence-corrected chi connectivity index (χ0v) is 26.7. The van der Waals surface area contributed by atoms with Crippen molar-refractivity contribution in [2.75, 3.05) is 0 Å². The van der Waals surface area contributed by atoms with Crippen molar-refractivity contribution >= 4 is 79.8 Å². The van der Waals surface area contributed by atoms with Crippen LogP contribution in [0.3, 0.4) is 0 Å². The number of hydrogen-bond donors (Lipinski definition) is 1. The number of halogens is 3. The van der Waals surface area contributed by atoms with Crippen molar-refractivity contribution in [1.29, 1.82) is 0 Å². The van der Waals surface area contributed by atoms with Gasteiger partial charge in [0.25, 0.3) is 11.6 Å². The summed E-state index contributed by atoms with van der Waals surface area (Å²) in [4.78, 5) is 31.0. The third kappa shape index (κ3) is 7.45. The van der Waals surface area contributed by atoms with E-state index in [4.69, 9.17) is 46.2 Å². The molecule has 0 aliphatic carbocycles. The summed E-state index contributed by atoms with van der Waals surface area (Å²) >= 11 is 14.3. The van der Waals surface area contributed by atoms with E-state index >= 15 is 0 Å². The lowest BCUT2D eigenvalue weighted by molar-refractivity contribution is 0.459. The molecule has 0 saturated heterocycles. The number of ether oxygens (including phenoxy) is 1. The summed E-state index contributed by atoms with van der Waals surface area (Å²) in [7, 11) is 3.73. The summed E-state index contributed by atoms with van der Waals surface area (Å²) in [5, 5.41) is 10.1. The normalized spacial score (nSPS) is 10.3. The summed E-state index contributed by atoms with van der Waals surface area (Å²) in [6.07, 6.45) is 6.14. The van der Waals surface area contributed by atoms with E-state index in [0.717, 1.165) is 20.4 Å². The van der Waals surface area contributed by atoms with Crippen LogP contribution in [0.15, 0.2) is 49.3 Å². The number of hydrogen-bond acceptors (Lipinski definition) is 8. The summed E-state index contributed by atoms with van der Waals surface area (Å²) in [5.74, 6) is 1.67. The van der Waals surface area contributed by atoms with Gasteiger partial charge < -0.3 is 28.7 Å². The Morgan fingerprint density at radius 1 is 0.791 bits per heavy atom. The molecule has 0 bridgehead atoms. The Bertz CT molecular complexity index is 2050. The van der Waals surface area contributed by atoms with Gasteiger partial charge in [0.05, 0.1) is 22.7 Å². The Morgan fingerprint density at radius 2 is 1.33 bits per heavy atom. The van der Waals surface area contributed by atoms with Crippen molar-refractivity contribution in [3.63, 3.8) is 0 Å². The molecule has 0 aromatic carbocycles. The largest absolute Gasteiger partial charge is 0.504 e. The average molecular weight is 727 g/mol. The Labute approximate surface area is 269 Å². The molecule has 0 aliphatic rings. The van der Waals surface area contributed by atoms with Gasteiger partial charge in [0.2, 0.25) is 5.88 Å². The number of aromatic hydroxyl groups is 1. The Balaban J connectivity index is 0.000000163. The van der Waals surface area contributed by atoms with Crippen molar-refractivity contribution < 1.29 is 9.84 Å². The van der Waals surface area contributed by atoms with Crippen molar-refractivity contribution in [2.24, 2.45) is 14.1 Å². The van der Waals surface area contributed by atoms with Crippen LogP contribution in [0, 0.1) is 30.7 Å². The fourth-order valence-corrected chi connectivity index (χ4v) is 4.71. The average Bonchev–Trinajstić information content (AvgIpc) is 3.54. The van der Waals surface area contributed by atoms with Crippen LogP contribution in [0.5, 0.6) is 17.4 Å². The first-order valence-corrected chi connectivity index (χ1v) is 14.0.